The Kier molecular flexibility index (Phi) is 2.13. The number of hydrogen-bond donors (Lipinski definition) is 0. The normalized spacial score (nSPS) is 15.7. The van der Waals surface area contributed by atoms with E-state index in [4.69, 9.17) is 0 Å². The molecule has 2 aromatic rings. The van der Waals surface area contributed by atoms with Crippen LogP contribution in [0.2, 0.25) is 13.1 Å². The van der Waals surface area contributed by atoms with Gasteiger partial charge in [0, 0.05) is 4.47 Å². The van der Waals surface area contributed by atoms with Crippen LogP contribution in [0.15, 0.2) is 46.9 Å². The average Bonchev–Trinajstić information content (AvgIpc) is 2.51. The molecular formula is C14H13BrSi. The van der Waals surface area contributed by atoms with Gasteiger partial charge in [-0.1, -0.05) is 65.4 Å². The maximum Gasteiger partial charge on any atom is 0.113 e. The van der Waals surface area contributed by atoms with Crippen LogP contribution in [0.25, 0.3) is 11.1 Å². The first kappa shape index (κ1) is 10.3. The predicted octanol–water partition coefficient (Wildman–Crippen LogP) is 3.25. The lowest BCUT2D eigenvalue weighted by molar-refractivity contribution is 1.66. The maximum atomic E-state index is 3.69. The van der Waals surface area contributed by atoms with Gasteiger partial charge in [-0.15, -0.1) is 0 Å². The van der Waals surface area contributed by atoms with Crippen molar-refractivity contribution >= 4 is 34.4 Å². The van der Waals surface area contributed by atoms with Gasteiger partial charge in [-0.05, 0) is 27.6 Å². The molecule has 1 aliphatic rings. The minimum Gasteiger partial charge on any atom is -0.0623 e. The highest BCUT2D eigenvalue weighted by Gasteiger charge is 2.37. The molecule has 1 heterocycles. The van der Waals surface area contributed by atoms with Gasteiger partial charge in [0.1, 0.15) is 8.07 Å². The van der Waals surface area contributed by atoms with Gasteiger partial charge in [0.05, 0.1) is 0 Å². The first-order chi connectivity index (χ1) is 7.62. The Morgan fingerprint density at radius 2 is 1.56 bits per heavy atom. The Balaban J connectivity index is 2.45. The second-order valence-electron chi connectivity index (χ2n) is 4.83. The second-order valence-corrected chi connectivity index (χ2v) is 10.0. The third kappa shape index (κ3) is 1.20. The van der Waals surface area contributed by atoms with Crippen molar-refractivity contribution in [2.45, 2.75) is 13.1 Å². The summed E-state index contributed by atoms with van der Waals surface area (Å²) in [6.45, 7) is 4.87. The van der Waals surface area contributed by atoms with Crippen LogP contribution in [0, 0.1) is 0 Å². The molecule has 0 unspecified atom stereocenters. The van der Waals surface area contributed by atoms with Gasteiger partial charge in [0.25, 0.3) is 0 Å². The second kappa shape index (κ2) is 3.31. The topological polar surface area (TPSA) is 0 Å². The van der Waals surface area contributed by atoms with E-state index in [2.05, 4.69) is 71.5 Å². The first-order valence-electron chi connectivity index (χ1n) is 5.51. The van der Waals surface area contributed by atoms with Crippen LogP contribution in [0.1, 0.15) is 0 Å². The summed E-state index contributed by atoms with van der Waals surface area (Å²) < 4.78 is 1.23. The van der Waals surface area contributed by atoms with Crippen molar-refractivity contribution in [3.05, 3.63) is 46.9 Å². The highest BCUT2D eigenvalue weighted by atomic mass is 79.9. The molecule has 3 rings (SSSR count). The van der Waals surface area contributed by atoms with E-state index in [0.717, 1.165) is 0 Å². The molecule has 16 heavy (non-hydrogen) atoms. The zero-order valence-electron chi connectivity index (χ0n) is 9.42. The zero-order chi connectivity index (χ0) is 11.3. The van der Waals surface area contributed by atoms with Crippen LogP contribution in [0.3, 0.4) is 0 Å². The molecule has 0 fully saturated rings. The Bertz CT molecular complexity index is 573. The van der Waals surface area contributed by atoms with Crippen molar-refractivity contribution < 1.29 is 0 Å². The highest BCUT2D eigenvalue weighted by Crippen LogP contribution is 2.33. The summed E-state index contributed by atoms with van der Waals surface area (Å²) in [5.74, 6) is 0. The molecule has 0 saturated heterocycles. The van der Waals surface area contributed by atoms with Crippen LogP contribution < -0.4 is 10.4 Å². The molecule has 0 bridgehead atoms. The van der Waals surface area contributed by atoms with Gasteiger partial charge in [-0.25, -0.2) is 0 Å². The lowest BCUT2D eigenvalue weighted by Crippen LogP contribution is -2.49. The quantitative estimate of drug-likeness (QED) is 0.653. The van der Waals surface area contributed by atoms with Crippen molar-refractivity contribution in [2.75, 3.05) is 0 Å². The number of halogens is 1. The fourth-order valence-electron chi connectivity index (χ4n) is 2.71. The fraction of sp³-hybridized carbons (Fsp3) is 0.143. The van der Waals surface area contributed by atoms with Crippen molar-refractivity contribution in [2.24, 2.45) is 0 Å². The Morgan fingerprint density at radius 3 is 2.38 bits per heavy atom. The van der Waals surface area contributed by atoms with Crippen LogP contribution in [-0.2, 0) is 0 Å². The summed E-state index contributed by atoms with van der Waals surface area (Å²) in [5.41, 5.74) is 2.86. The fourth-order valence-corrected chi connectivity index (χ4v) is 6.56. The summed E-state index contributed by atoms with van der Waals surface area (Å²) in [6.07, 6.45) is 0. The molecule has 0 nitrogen and oxygen atoms in total. The largest absolute Gasteiger partial charge is 0.113 e. The Labute approximate surface area is 105 Å². The summed E-state index contributed by atoms with van der Waals surface area (Å²) >= 11 is 3.69. The first-order valence-corrected chi connectivity index (χ1v) is 9.30. The van der Waals surface area contributed by atoms with Crippen molar-refractivity contribution in [1.29, 1.82) is 0 Å². The van der Waals surface area contributed by atoms with E-state index in [1.807, 2.05) is 0 Å². The van der Waals surface area contributed by atoms with Crippen LogP contribution in [0.4, 0.5) is 0 Å². The van der Waals surface area contributed by atoms with Gasteiger partial charge in [-0.2, -0.15) is 0 Å². The van der Waals surface area contributed by atoms with E-state index in [0.29, 0.717) is 0 Å². The minimum atomic E-state index is -1.44. The highest BCUT2D eigenvalue weighted by molar-refractivity contribution is 9.10. The summed E-state index contributed by atoms with van der Waals surface area (Å²) in [5, 5.41) is 3.12. The van der Waals surface area contributed by atoms with Gasteiger partial charge in [0.2, 0.25) is 0 Å². The van der Waals surface area contributed by atoms with E-state index >= 15 is 0 Å². The molecule has 0 saturated carbocycles. The molecule has 1 aliphatic heterocycles. The summed E-state index contributed by atoms with van der Waals surface area (Å²) in [4.78, 5) is 0. The third-order valence-corrected chi connectivity index (χ3v) is 7.76. The van der Waals surface area contributed by atoms with E-state index in [1.165, 1.54) is 15.6 Å². The van der Waals surface area contributed by atoms with E-state index < -0.39 is 8.07 Å². The molecule has 0 atom stereocenters. The van der Waals surface area contributed by atoms with Crippen molar-refractivity contribution in [3.8, 4) is 11.1 Å². The molecule has 0 spiro atoms. The van der Waals surface area contributed by atoms with E-state index in [-0.39, 0.29) is 0 Å². The smallest absolute Gasteiger partial charge is 0.0623 e. The number of benzene rings is 2. The van der Waals surface area contributed by atoms with Gasteiger partial charge in [-0.3, -0.25) is 0 Å². The van der Waals surface area contributed by atoms with Gasteiger partial charge >= 0.3 is 0 Å². The zero-order valence-corrected chi connectivity index (χ0v) is 12.0. The van der Waals surface area contributed by atoms with Crippen molar-refractivity contribution in [3.63, 3.8) is 0 Å². The maximum absolute atomic E-state index is 3.69. The van der Waals surface area contributed by atoms with E-state index in [9.17, 15) is 0 Å². The van der Waals surface area contributed by atoms with Crippen LogP contribution >= 0.6 is 15.9 Å². The van der Waals surface area contributed by atoms with Gasteiger partial charge in [0.15, 0.2) is 0 Å². The van der Waals surface area contributed by atoms with Crippen molar-refractivity contribution in [1.82, 2.24) is 0 Å². The average molecular weight is 289 g/mol. The van der Waals surface area contributed by atoms with E-state index in [1.54, 1.807) is 10.4 Å². The van der Waals surface area contributed by atoms with Crippen LogP contribution in [-0.4, -0.2) is 8.07 Å². The molecule has 0 radical (unpaired) electrons. The SMILES string of the molecule is C[Si]1(C)c2ccccc2-c2c(Br)cccc21. The lowest BCUT2D eigenvalue weighted by Gasteiger charge is -2.18. The van der Waals surface area contributed by atoms with Crippen LogP contribution in [0.5, 0.6) is 0 Å². The summed E-state index contributed by atoms with van der Waals surface area (Å²) in [7, 11) is -1.44. The Hall–Kier alpha value is -0.863. The number of hydrogen-bond acceptors (Lipinski definition) is 0. The monoisotopic (exact) mass is 288 g/mol. The molecule has 0 aromatic heterocycles. The predicted molar refractivity (Wildman–Crippen MR) is 76.3 cm³/mol. The molecule has 0 N–H and O–H groups in total. The molecule has 0 aliphatic carbocycles. The molecule has 2 aromatic carbocycles. The third-order valence-electron chi connectivity index (χ3n) is 3.56. The molecule has 2 heteroatoms. The molecule has 0 amide bonds. The molecule has 80 valence electrons. The lowest BCUT2D eigenvalue weighted by atomic mass is 10.1. The molecular weight excluding hydrogens is 276 g/mol. The van der Waals surface area contributed by atoms with Gasteiger partial charge < -0.3 is 0 Å². The summed E-state index contributed by atoms with van der Waals surface area (Å²) in [6, 6.07) is 15.4. The number of fused-ring (bicyclic) bond motifs is 3. The Morgan fingerprint density at radius 1 is 0.875 bits per heavy atom. The standard InChI is InChI=1S/C14H13BrSi/c1-16(2)12-8-4-3-6-10(12)14-11(15)7-5-9-13(14)16/h3-9H,1-2H3. The minimum absolute atomic E-state index is 1.23. The number of rotatable bonds is 0.